The van der Waals surface area contributed by atoms with Crippen LogP contribution in [0.15, 0.2) is 55.6 Å². The summed E-state index contributed by atoms with van der Waals surface area (Å²) in [6.07, 6.45) is 0. The molecule has 2 heterocycles. The predicted molar refractivity (Wildman–Crippen MR) is 99.6 cm³/mol. The van der Waals surface area contributed by atoms with Crippen LogP contribution >= 0.6 is 0 Å². The predicted octanol–water partition coefficient (Wildman–Crippen LogP) is -1.67. The summed E-state index contributed by atoms with van der Waals surface area (Å²) in [6.45, 7) is 0. The fourth-order valence-electron chi connectivity index (χ4n) is 2.79. The molecule has 0 aliphatic heterocycles. The standard InChI is InChI=1S/C16H12N6O6/c17-9-5-1-3-7-11(9)13(23)19-21(15(7)25)27-28-22-16(26)8-4-2-6-10(18)12(8)14(24)20-22/h1-6H,17-18H2,(H,19,23)(H,20,24). The zero-order valence-corrected chi connectivity index (χ0v) is 14.0. The first kappa shape index (κ1) is 17.0. The Kier molecular flexibility index (Phi) is 3.66. The molecule has 0 radical (unpaired) electrons. The quantitative estimate of drug-likeness (QED) is 0.184. The molecule has 0 fully saturated rings. The minimum Gasteiger partial charge on any atom is -0.398 e. The first-order valence-electron chi connectivity index (χ1n) is 7.81. The SMILES string of the molecule is Nc1cccc2c(=O)n(OOn3[nH]c(=O)c4c(N)cccc4c3=O)[nH]c(=O)c12. The van der Waals surface area contributed by atoms with E-state index < -0.39 is 22.2 Å². The van der Waals surface area contributed by atoms with Crippen LogP contribution in [0.4, 0.5) is 11.4 Å². The number of benzene rings is 2. The molecule has 2 aromatic carbocycles. The summed E-state index contributed by atoms with van der Waals surface area (Å²) in [5, 5.41) is 4.12. The number of fused-ring (bicyclic) bond motifs is 2. The Balaban J connectivity index is 1.79. The molecule has 28 heavy (non-hydrogen) atoms. The summed E-state index contributed by atoms with van der Waals surface area (Å²) in [5.41, 5.74) is 8.58. The fourth-order valence-corrected chi connectivity index (χ4v) is 2.79. The molecule has 0 saturated heterocycles. The summed E-state index contributed by atoms with van der Waals surface area (Å²) in [6, 6.07) is 8.64. The average molecular weight is 384 g/mol. The van der Waals surface area contributed by atoms with Crippen molar-refractivity contribution >= 4 is 32.9 Å². The highest BCUT2D eigenvalue weighted by Crippen LogP contribution is 2.13. The summed E-state index contributed by atoms with van der Waals surface area (Å²) in [5.74, 6) is 0. The molecule has 142 valence electrons. The Labute approximate surface area is 152 Å². The maximum Gasteiger partial charge on any atom is 0.313 e. The van der Waals surface area contributed by atoms with Crippen LogP contribution in [0.3, 0.4) is 0 Å². The highest BCUT2D eigenvalue weighted by molar-refractivity contribution is 5.91. The molecule has 0 aliphatic rings. The zero-order valence-electron chi connectivity index (χ0n) is 14.0. The van der Waals surface area contributed by atoms with Crippen molar-refractivity contribution in [2.75, 3.05) is 11.5 Å². The minimum absolute atomic E-state index is 0.0147. The minimum atomic E-state index is -0.803. The van der Waals surface area contributed by atoms with Gasteiger partial charge in [-0.1, -0.05) is 12.1 Å². The number of rotatable bonds is 3. The Morgan fingerprint density at radius 2 is 1.07 bits per heavy atom. The van der Waals surface area contributed by atoms with Gasteiger partial charge in [0.05, 0.1) is 21.5 Å². The lowest BCUT2D eigenvalue weighted by atomic mass is 10.1. The summed E-state index contributed by atoms with van der Waals surface area (Å²) < 4.78 is 0. The summed E-state index contributed by atoms with van der Waals surface area (Å²) in [4.78, 5) is 59.3. The fraction of sp³-hybridized carbons (Fsp3) is 0. The van der Waals surface area contributed by atoms with Gasteiger partial charge < -0.3 is 11.5 Å². The second-order valence-electron chi connectivity index (χ2n) is 5.77. The van der Waals surface area contributed by atoms with Gasteiger partial charge in [0.2, 0.25) is 0 Å². The number of hydrogen-bond acceptors (Lipinski definition) is 8. The molecule has 12 heteroatoms. The van der Waals surface area contributed by atoms with Crippen LogP contribution in [0.2, 0.25) is 0 Å². The first-order chi connectivity index (χ1) is 13.4. The lowest BCUT2D eigenvalue weighted by molar-refractivity contribution is -0.314. The van der Waals surface area contributed by atoms with E-state index >= 15 is 0 Å². The summed E-state index contributed by atoms with van der Waals surface area (Å²) >= 11 is 0. The highest BCUT2D eigenvalue weighted by Gasteiger charge is 2.14. The van der Waals surface area contributed by atoms with Crippen molar-refractivity contribution in [1.29, 1.82) is 0 Å². The third kappa shape index (κ3) is 2.47. The van der Waals surface area contributed by atoms with Crippen LogP contribution in [0.5, 0.6) is 0 Å². The summed E-state index contributed by atoms with van der Waals surface area (Å²) in [7, 11) is 0. The maximum absolute atomic E-state index is 12.4. The molecule has 0 aliphatic carbocycles. The van der Waals surface area contributed by atoms with Gasteiger partial charge >= 0.3 is 11.1 Å². The number of nitrogens with two attached hydrogens (primary N) is 2. The van der Waals surface area contributed by atoms with E-state index in [-0.39, 0.29) is 32.9 Å². The van der Waals surface area contributed by atoms with Crippen LogP contribution in [0.25, 0.3) is 21.5 Å². The normalized spacial score (nSPS) is 11.0. The van der Waals surface area contributed by atoms with Crippen LogP contribution in [0.1, 0.15) is 0 Å². The van der Waals surface area contributed by atoms with E-state index in [2.05, 4.69) is 10.2 Å². The van der Waals surface area contributed by atoms with Gasteiger partial charge in [0.15, 0.2) is 0 Å². The lowest BCUT2D eigenvalue weighted by Crippen LogP contribution is -2.43. The Hall–Kier alpha value is -4.48. The van der Waals surface area contributed by atoms with Crippen LogP contribution < -0.4 is 43.7 Å². The number of nitrogens with zero attached hydrogens (tertiary/aromatic N) is 2. The third-order valence-electron chi connectivity index (χ3n) is 4.07. The molecular formula is C16H12N6O6. The van der Waals surface area contributed by atoms with Crippen molar-refractivity contribution in [3.63, 3.8) is 0 Å². The molecular weight excluding hydrogens is 372 g/mol. The van der Waals surface area contributed by atoms with Gasteiger partial charge in [-0.15, -0.1) is 9.98 Å². The number of aromatic nitrogens is 4. The van der Waals surface area contributed by atoms with Crippen molar-refractivity contribution in [3.05, 3.63) is 77.8 Å². The number of aromatic amines is 2. The van der Waals surface area contributed by atoms with E-state index in [1.807, 2.05) is 0 Å². The van der Waals surface area contributed by atoms with Gasteiger partial charge in [0.25, 0.3) is 11.1 Å². The van der Waals surface area contributed by atoms with Crippen LogP contribution in [0, 0.1) is 0 Å². The van der Waals surface area contributed by atoms with E-state index in [0.29, 0.717) is 9.69 Å². The van der Waals surface area contributed by atoms with Crippen molar-refractivity contribution in [2.45, 2.75) is 0 Å². The highest BCUT2D eigenvalue weighted by atomic mass is 17.3. The molecule has 0 saturated carbocycles. The number of nitrogens with one attached hydrogen (secondary N) is 2. The topological polar surface area (TPSA) is 180 Å². The molecule has 0 spiro atoms. The molecule has 0 bridgehead atoms. The van der Waals surface area contributed by atoms with Gasteiger partial charge in [-0.25, -0.2) is 10.2 Å². The Bertz CT molecular complexity index is 1360. The smallest absolute Gasteiger partial charge is 0.313 e. The largest absolute Gasteiger partial charge is 0.398 e. The zero-order chi connectivity index (χ0) is 20.0. The number of anilines is 2. The van der Waals surface area contributed by atoms with Gasteiger partial charge in [-0.2, -0.15) is 0 Å². The molecule has 4 aromatic rings. The molecule has 2 aromatic heterocycles. The van der Waals surface area contributed by atoms with Crippen LogP contribution in [-0.2, 0) is 0 Å². The van der Waals surface area contributed by atoms with E-state index in [9.17, 15) is 19.2 Å². The molecule has 6 N–H and O–H groups in total. The van der Waals surface area contributed by atoms with Crippen molar-refractivity contribution < 1.29 is 9.98 Å². The number of nitrogen functional groups attached to an aromatic ring is 2. The average Bonchev–Trinajstić information content (AvgIpc) is 2.66. The second kappa shape index (κ2) is 6.05. The first-order valence-corrected chi connectivity index (χ1v) is 7.81. The van der Waals surface area contributed by atoms with Gasteiger partial charge in [0.1, 0.15) is 0 Å². The molecule has 4 rings (SSSR count). The van der Waals surface area contributed by atoms with Crippen molar-refractivity contribution in [3.8, 4) is 0 Å². The van der Waals surface area contributed by atoms with Gasteiger partial charge in [-0.3, -0.25) is 19.2 Å². The van der Waals surface area contributed by atoms with E-state index in [1.54, 1.807) is 0 Å². The van der Waals surface area contributed by atoms with Gasteiger partial charge in [-0.05, 0) is 34.0 Å². The van der Waals surface area contributed by atoms with Crippen molar-refractivity contribution in [1.82, 2.24) is 19.9 Å². The number of H-pyrrole nitrogens is 2. The maximum atomic E-state index is 12.4. The van der Waals surface area contributed by atoms with Gasteiger partial charge in [0, 0.05) is 11.4 Å². The Morgan fingerprint density at radius 3 is 1.46 bits per heavy atom. The molecule has 0 amide bonds. The molecule has 0 atom stereocenters. The number of hydrogen-bond donors (Lipinski definition) is 4. The Morgan fingerprint density at radius 1 is 0.679 bits per heavy atom. The second-order valence-corrected chi connectivity index (χ2v) is 5.77. The van der Waals surface area contributed by atoms with E-state index in [0.717, 1.165) is 0 Å². The van der Waals surface area contributed by atoms with E-state index in [1.165, 1.54) is 36.4 Å². The van der Waals surface area contributed by atoms with E-state index in [4.69, 9.17) is 21.4 Å². The molecule has 12 nitrogen and oxygen atoms in total. The monoisotopic (exact) mass is 384 g/mol. The molecule has 0 unspecified atom stereocenters. The van der Waals surface area contributed by atoms with Crippen molar-refractivity contribution in [2.24, 2.45) is 0 Å². The third-order valence-corrected chi connectivity index (χ3v) is 4.07. The van der Waals surface area contributed by atoms with Crippen LogP contribution in [-0.4, -0.2) is 19.9 Å². The lowest BCUT2D eigenvalue weighted by Gasteiger charge is -2.09.